The summed E-state index contributed by atoms with van der Waals surface area (Å²) in [6.45, 7) is 5.11. The molecule has 1 aliphatic carbocycles. The Morgan fingerprint density at radius 2 is 2.25 bits per heavy atom. The molecular formula is C13H20N2O. The molecule has 1 amide bonds. The van der Waals surface area contributed by atoms with Gasteiger partial charge in [0.05, 0.1) is 13.1 Å². The number of rotatable bonds is 6. The summed E-state index contributed by atoms with van der Waals surface area (Å²) in [6.07, 6.45) is 11.6. The van der Waals surface area contributed by atoms with Crippen LogP contribution in [0.1, 0.15) is 25.7 Å². The Hall–Kier alpha value is -1.27. The molecule has 1 aliphatic rings. The maximum absolute atomic E-state index is 11.9. The van der Waals surface area contributed by atoms with Crippen LogP contribution in [0.2, 0.25) is 0 Å². The van der Waals surface area contributed by atoms with Crippen LogP contribution in [0.3, 0.4) is 0 Å². The Morgan fingerprint density at radius 1 is 1.56 bits per heavy atom. The molecule has 16 heavy (non-hydrogen) atoms. The molecule has 0 spiro atoms. The Morgan fingerprint density at radius 3 is 2.81 bits per heavy atom. The molecule has 0 saturated heterocycles. The molecule has 1 fully saturated rings. The minimum absolute atomic E-state index is 0.127. The molecule has 1 N–H and O–H groups in total. The Bertz CT molecular complexity index is 274. The first kappa shape index (κ1) is 12.8. The standard InChI is InChI=1S/C13H20N2O/c1-3-9-14-11-13(16)15(10-4-2)12-7-5-6-8-12/h1,4,12,14H,2,5-11H2. The molecule has 0 unspecified atom stereocenters. The summed E-state index contributed by atoms with van der Waals surface area (Å²) in [5, 5.41) is 2.94. The van der Waals surface area contributed by atoms with Crippen molar-refractivity contribution in [3.63, 3.8) is 0 Å². The molecule has 0 atom stereocenters. The number of hydrogen-bond acceptors (Lipinski definition) is 2. The van der Waals surface area contributed by atoms with Gasteiger partial charge in [0.15, 0.2) is 0 Å². The van der Waals surface area contributed by atoms with Gasteiger partial charge in [-0.1, -0.05) is 24.8 Å². The number of nitrogens with zero attached hydrogens (tertiary/aromatic N) is 1. The van der Waals surface area contributed by atoms with Gasteiger partial charge in [-0.25, -0.2) is 0 Å². The number of carbonyl (C=O) groups is 1. The van der Waals surface area contributed by atoms with Crippen LogP contribution in [-0.4, -0.2) is 36.5 Å². The van der Waals surface area contributed by atoms with Crippen LogP contribution >= 0.6 is 0 Å². The summed E-state index contributed by atoms with van der Waals surface area (Å²) in [6, 6.07) is 0.401. The second-order valence-electron chi connectivity index (χ2n) is 4.08. The zero-order valence-electron chi connectivity index (χ0n) is 9.74. The fraction of sp³-hybridized carbons (Fsp3) is 0.615. The smallest absolute Gasteiger partial charge is 0.237 e. The molecule has 1 saturated carbocycles. The Kier molecular flexibility index (Phi) is 5.66. The lowest BCUT2D eigenvalue weighted by molar-refractivity contribution is -0.131. The average molecular weight is 220 g/mol. The fourth-order valence-electron chi connectivity index (χ4n) is 2.15. The molecule has 0 aromatic heterocycles. The molecule has 0 radical (unpaired) electrons. The van der Waals surface area contributed by atoms with Crippen molar-refractivity contribution in [1.29, 1.82) is 0 Å². The molecule has 0 aliphatic heterocycles. The zero-order chi connectivity index (χ0) is 11.8. The van der Waals surface area contributed by atoms with E-state index < -0.39 is 0 Å². The molecule has 0 bridgehead atoms. The lowest BCUT2D eigenvalue weighted by atomic mass is 10.2. The SMILES string of the molecule is C#CCNCC(=O)N(CC=C)C1CCCC1. The number of carbonyl (C=O) groups excluding carboxylic acids is 1. The summed E-state index contributed by atoms with van der Waals surface area (Å²) in [7, 11) is 0. The molecule has 0 aromatic rings. The monoisotopic (exact) mass is 220 g/mol. The highest BCUT2D eigenvalue weighted by Gasteiger charge is 2.24. The van der Waals surface area contributed by atoms with Crippen molar-refractivity contribution in [1.82, 2.24) is 10.2 Å². The van der Waals surface area contributed by atoms with Gasteiger partial charge in [-0.05, 0) is 12.8 Å². The third-order valence-corrected chi connectivity index (χ3v) is 2.91. The third kappa shape index (κ3) is 3.71. The predicted octanol–water partition coefficient (Wildman–Crippen LogP) is 1.17. The lowest BCUT2D eigenvalue weighted by Gasteiger charge is -2.27. The second-order valence-corrected chi connectivity index (χ2v) is 4.08. The van der Waals surface area contributed by atoms with Crippen LogP contribution < -0.4 is 5.32 Å². The highest BCUT2D eigenvalue weighted by Crippen LogP contribution is 2.23. The van der Waals surface area contributed by atoms with Crippen molar-refractivity contribution in [3.05, 3.63) is 12.7 Å². The first-order valence-corrected chi connectivity index (χ1v) is 5.84. The summed E-state index contributed by atoms with van der Waals surface area (Å²) in [5.74, 6) is 2.59. The van der Waals surface area contributed by atoms with Crippen molar-refractivity contribution in [2.75, 3.05) is 19.6 Å². The maximum atomic E-state index is 11.9. The van der Waals surface area contributed by atoms with Crippen molar-refractivity contribution in [3.8, 4) is 12.3 Å². The van der Waals surface area contributed by atoms with Crippen molar-refractivity contribution >= 4 is 5.91 Å². The molecule has 1 rings (SSSR count). The minimum Gasteiger partial charge on any atom is -0.335 e. The first-order chi connectivity index (χ1) is 7.79. The van der Waals surface area contributed by atoms with Gasteiger partial charge in [-0.2, -0.15) is 0 Å². The van der Waals surface area contributed by atoms with Gasteiger partial charge in [0.1, 0.15) is 0 Å². The Balaban J connectivity index is 2.44. The van der Waals surface area contributed by atoms with Gasteiger partial charge < -0.3 is 4.90 Å². The fourth-order valence-corrected chi connectivity index (χ4v) is 2.15. The normalized spacial score (nSPS) is 15.7. The van der Waals surface area contributed by atoms with E-state index in [0.29, 0.717) is 25.7 Å². The molecule has 88 valence electrons. The topological polar surface area (TPSA) is 32.3 Å². The third-order valence-electron chi connectivity index (χ3n) is 2.91. The first-order valence-electron chi connectivity index (χ1n) is 5.84. The van der Waals surface area contributed by atoms with Crippen molar-refractivity contribution in [2.24, 2.45) is 0 Å². The number of terminal acetylenes is 1. The summed E-state index contributed by atoms with van der Waals surface area (Å²) in [4.78, 5) is 13.9. The van der Waals surface area contributed by atoms with E-state index in [-0.39, 0.29) is 5.91 Å². The van der Waals surface area contributed by atoms with E-state index >= 15 is 0 Å². The summed E-state index contributed by atoms with van der Waals surface area (Å²) in [5.41, 5.74) is 0. The van der Waals surface area contributed by atoms with Gasteiger partial charge in [0.25, 0.3) is 0 Å². The number of amides is 1. The van der Waals surface area contributed by atoms with Gasteiger partial charge in [0, 0.05) is 12.6 Å². The van der Waals surface area contributed by atoms with Crippen LogP contribution in [0.5, 0.6) is 0 Å². The zero-order valence-corrected chi connectivity index (χ0v) is 9.74. The van der Waals surface area contributed by atoms with E-state index in [1.54, 1.807) is 6.08 Å². The predicted molar refractivity (Wildman–Crippen MR) is 65.9 cm³/mol. The van der Waals surface area contributed by atoms with E-state index in [1.165, 1.54) is 12.8 Å². The van der Waals surface area contributed by atoms with Gasteiger partial charge in [-0.3, -0.25) is 10.1 Å². The van der Waals surface area contributed by atoms with Crippen molar-refractivity contribution in [2.45, 2.75) is 31.7 Å². The van der Waals surface area contributed by atoms with Crippen LogP contribution in [0, 0.1) is 12.3 Å². The van der Waals surface area contributed by atoms with E-state index in [2.05, 4.69) is 17.8 Å². The van der Waals surface area contributed by atoms with Crippen LogP contribution in [0.15, 0.2) is 12.7 Å². The van der Waals surface area contributed by atoms with Crippen LogP contribution in [0.4, 0.5) is 0 Å². The summed E-state index contributed by atoms with van der Waals surface area (Å²) >= 11 is 0. The van der Waals surface area contributed by atoms with E-state index in [0.717, 1.165) is 12.8 Å². The number of hydrogen-bond donors (Lipinski definition) is 1. The van der Waals surface area contributed by atoms with Gasteiger partial charge in [-0.15, -0.1) is 13.0 Å². The molecule has 0 aromatic carbocycles. The van der Waals surface area contributed by atoms with Gasteiger partial charge in [0.2, 0.25) is 5.91 Å². The number of nitrogens with one attached hydrogen (secondary N) is 1. The molecule has 0 heterocycles. The highest BCUT2D eigenvalue weighted by atomic mass is 16.2. The molecule has 3 heteroatoms. The van der Waals surface area contributed by atoms with E-state index in [9.17, 15) is 4.79 Å². The lowest BCUT2D eigenvalue weighted by Crippen LogP contribution is -2.43. The van der Waals surface area contributed by atoms with E-state index in [1.807, 2.05) is 4.90 Å². The minimum atomic E-state index is 0.127. The van der Waals surface area contributed by atoms with E-state index in [4.69, 9.17) is 6.42 Å². The van der Waals surface area contributed by atoms with Crippen LogP contribution in [-0.2, 0) is 4.79 Å². The Labute approximate surface area is 97.9 Å². The van der Waals surface area contributed by atoms with Crippen LogP contribution in [0.25, 0.3) is 0 Å². The highest BCUT2D eigenvalue weighted by molar-refractivity contribution is 5.78. The maximum Gasteiger partial charge on any atom is 0.237 e. The molecule has 3 nitrogen and oxygen atoms in total. The average Bonchev–Trinajstić information content (AvgIpc) is 2.79. The van der Waals surface area contributed by atoms with Crippen molar-refractivity contribution < 1.29 is 4.79 Å². The largest absolute Gasteiger partial charge is 0.335 e. The second kappa shape index (κ2) is 7.08. The van der Waals surface area contributed by atoms with Gasteiger partial charge >= 0.3 is 0 Å². The summed E-state index contributed by atoms with van der Waals surface area (Å²) < 4.78 is 0. The molecular weight excluding hydrogens is 200 g/mol. The quantitative estimate of drug-likeness (QED) is 0.414.